The van der Waals surface area contributed by atoms with E-state index in [0.717, 1.165) is 49.3 Å². The van der Waals surface area contributed by atoms with Crippen LogP contribution in [-0.2, 0) is 6.42 Å². The Bertz CT molecular complexity index is 447. The average molecular weight is 294 g/mol. The summed E-state index contributed by atoms with van der Waals surface area (Å²) in [6.07, 6.45) is 2.07. The van der Waals surface area contributed by atoms with Gasteiger partial charge in [0, 0.05) is 42.6 Å². The summed E-state index contributed by atoms with van der Waals surface area (Å²) in [5.41, 5.74) is 0. The maximum atomic E-state index is 4.71. The van der Waals surface area contributed by atoms with E-state index in [1.165, 1.54) is 6.42 Å². The SMILES string of the molecule is CCNc1cc(N2CCSC(C)(C)CC2)nc(CC)n1. The zero-order chi connectivity index (χ0) is 14.6. The Morgan fingerprint density at radius 3 is 2.80 bits per heavy atom. The molecule has 0 aliphatic carbocycles. The zero-order valence-corrected chi connectivity index (χ0v) is 13.9. The lowest BCUT2D eigenvalue weighted by molar-refractivity contribution is 0.634. The van der Waals surface area contributed by atoms with Gasteiger partial charge in [0.2, 0.25) is 0 Å². The first-order valence-corrected chi connectivity index (χ1v) is 8.53. The molecular weight excluding hydrogens is 268 g/mol. The Kier molecular flexibility index (Phi) is 5.13. The van der Waals surface area contributed by atoms with Crippen molar-refractivity contribution in [3.63, 3.8) is 0 Å². The topological polar surface area (TPSA) is 41.0 Å². The standard InChI is InChI=1S/C15H26N4S/c1-5-12-17-13(16-6-2)11-14(18-12)19-8-7-15(3,4)20-10-9-19/h11H,5-10H2,1-4H3,(H,16,17,18). The van der Waals surface area contributed by atoms with E-state index in [0.29, 0.717) is 4.75 Å². The monoisotopic (exact) mass is 294 g/mol. The van der Waals surface area contributed by atoms with Crippen molar-refractivity contribution in [1.82, 2.24) is 9.97 Å². The number of hydrogen-bond acceptors (Lipinski definition) is 5. The highest BCUT2D eigenvalue weighted by atomic mass is 32.2. The highest BCUT2D eigenvalue weighted by Crippen LogP contribution is 2.32. The van der Waals surface area contributed by atoms with E-state index in [1.54, 1.807) is 0 Å². The van der Waals surface area contributed by atoms with Gasteiger partial charge in [-0.25, -0.2) is 9.97 Å². The maximum Gasteiger partial charge on any atom is 0.134 e. The van der Waals surface area contributed by atoms with Gasteiger partial charge in [0.25, 0.3) is 0 Å². The molecule has 5 heteroatoms. The van der Waals surface area contributed by atoms with Crippen LogP contribution in [0.25, 0.3) is 0 Å². The average Bonchev–Trinajstić information content (AvgIpc) is 2.59. The third-order valence-corrected chi connectivity index (χ3v) is 4.97. The fourth-order valence-electron chi connectivity index (χ4n) is 2.32. The van der Waals surface area contributed by atoms with Crippen LogP contribution >= 0.6 is 11.8 Å². The van der Waals surface area contributed by atoms with Crippen LogP contribution in [0.4, 0.5) is 11.6 Å². The minimum atomic E-state index is 0.375. The van der Waals surface area contributed by atoms with Gasteiger partial charge in [-0.15, -0.1) is 0 Å². The summed E-state index contributed by atoms with van der Waals surface area (Å²) in [5.74, 6) is 4.11. The first kappa shape index (κ1) is 15.4. The molecule has 2 heterocycles. The van der Waals surface area contributed by atoms with Gasteiger partial charge in [-0.2, -0.15) is 11.8 Å². The largest absolute Gasteiger partial charge is 0.370 e. The summed E-state index contributed by atoms with van der Waals surface area (Å²) in [6, 6.07) is 2.09. The Morgan fingerprint density at radius 2 is 2.10 bits per heavy atom. The summed E-state index contributed by atoms with van der Waals surface area (Å²) < 4.78 is 0.375. The van der Waals surface area contributed by atoms with Crippen molar-refractivity contribution in [3.05, 3.63) is 11.9 Å². The quantitative estimate of drug-likeness (QED) is 0.923. The van der Waals surface area contributed by atoms with Gasteiger partial charge in [-0.1, -0.05) is 20.8 Å². The molecule has 112 valence electrons. The van der Waals surface area contributed by atoms with Crippen LogP contribution in [0.15, 0.2) is 6.07 Å². The molecule has 1 aromatic heterocycles. The number of aryl methyl sites for hydroxylation is 1. The minimum Gasteiger partial charge on any atom is -0.370 e. The first-order valence-electron chi connectivity index (χ1n) is 7.55. The molecule has 0 unspecified atom stereocenters. The normalized spacial score (nSPS) is 18.7. The fraction of sp³-hybridized carbons (Fsp3) is 0.733. The van der Waals surface area contributed by atoms with Crippen LogP contribution in [0.3, 0.4) is 0 Å². The second kappa shape index (κ2) is 6.66. The van der Waals surface area contributed by atoms with Crippen LogP contribution in [0.2, 0.25) is 0 Å². The van der Waals surface area contributed by atoms with Crippen LogP contribution < -0.4 is 10.2 Å². The molecule has 0 spiro atoms. The molecular formula is C15H26N4S. The molecule has 1 aliphatic rings. The van der Waals surface area contributed by atoms with Gasteiger partial charge in [0.15, 0.2) is 0 Å². The van der Waals surface area contributed by atoms with Crippen molar-refractivity contribution in [1.29, 1.82) is 0 Å². The van der Waals surface area contributed by atoms with Gasteiger partial charge in [0.05, 0.1) is 0 Å². The second-order valence-electron chi connectivity index (χ2n) is 5.76. The Morgan fingerprint density at radius 1 is 1.30 bits per heavy atom. The van der Waals surface area contributed by atoms with Crippen LogP contribution in [-0.4, -0.2) is 40.1 Å². The number of anilines is 2. The van der Waals surface area contributed by atoms with Crippen molar-refractivity contribution in [2.24, 2.45) is 0 Å². The number of nitrogens with zero attached hydrogens (tertiary/aromatic N) is 3. The molecule has 4 nitrogen and oxygen atoms in total. The van der Waals surface area contributed by atoms with Gasteiger partial charge < -0.3 is 10.2 Å². The van der Waals surface area contributed by atoms with Crippen molar-refractivity contribution in [2.45, 2.75) is 45.3 Å². The van der Waals surface area contributed by atoms with Gasteiger partial charge in [-0.05, 0) is 13.3 Å². The number of rotatable bonds is 4. The minimum absolute atomic E-state index is 0.375. The van der Waals surface area contributed by atoms with Crippen LogP contribution in [0.1, 0.15) is 39.9 Å². The molecule has 1 aliphatic heterocycles. The fourth-order valence-corrected chi connectivity index (χ4v) is 3.42. The highest BCUT2D eigenvalue weighted by molar-refractivity contribution is 8.00. The number of hydrogen-bond donors (Lipinski definition) is 1. The highest BCUT2D eigenvalue weighted by Gasteiger charge is 2.24. The maximum absolute atomic E-state index is 4.71. The van der Waals surface area contributed by atoms with Crippen molar-refractivity contribution in [3.8, 4) is 0 Å². The number of nitrogens with one attached hydrogen (secondary N) is 1. The van der Waals surface area contributed by atoms with Crippen molar-refractivity contribution >= 4 is 23.4 Å². The zero-order valence-electron chi connectivity index (χ0n) is 13.1. The molecule has 0 amide bonds. The molecule has 0 saturated carbocycles. The molecule has 20 heavy (non-hydrogen) atoms. The molecule has 1 fully saturated rings. The molecule has 1 saturated heterocycles. The second-order valence-corrected chi connectivity index (χ2v) is 7.56. The molecule has 0 bridgehead atoms. The Balaban J connectivity index is 2.20. The third kappa shape index (κ3) is 4.01. The van der Waals surface area contributed by atoms with E-state index in [-0.39, 0.29) is 0 Å². The molecule has 0 radical (unpaired) electrons. The molecule has 0 aromatic carbocycles. The molecule has 1 aromatic rings. The lowest BCUT2D eigenvalue weighted by Gasteiger charge is -2.24. The predicted octanol–water partition coefficient (Wildman–Crippen LogP) is 3.19. The van der Waals surface area contributed by atoms with E-state index >= 15 is 0 Å². The summed E-state index contributed by atoms with van der Waals surface area (Å²) >= 11 is 2.06. The van der Waals surface area contributed by atoms with E-state index in [1.807, 2.05) is 0 Å². The Labute approximate surface area is 126 Å². The van der Waals surface area contributed by atoms with E-state index in [2.05, 4.69) is 60.7 Å². The number of thioether (sulfide) groups is 1. The lowest BCUT2D eigenvalue weighted by Crippen LogP contribution is -2.28. The smallest absolute Gasteiger partial charge is 0.134 e. The molecule has 0 atom stereocenters. The predicted molar refractivity (Wildman–Crippen MR) is 88.9 cm³/mol. The van der Waals surface area contributed by atoms with Gasteiger partial charge in [0.1, 0.15) is 17.5 Å². The van der Waals surface area contributed by atoms with E-state index in [9.17, 15) is 0 Å². The van der Waals surface area contributed by atoms with Crippen LogP contribution in [0, 0.1) is 0 Å². The Hall–Kier alpha value is -0.970. The van der Waals surface area contributed by atoms with Crippen LogP contribution in [0.5, 0.6) is 0 Å². The van der Waals surface area contributed by atoms with Crippen molar-refractivity contribution in [2.75, 3.05) is 35.6 Å². The summed E-state index contributed by atoms with van der Waals surface area (Å²) in [6.45, 7) is 11.9. The van der Waals surface area contributed by atoms with E-state index in [4.69, 9.17) is 4.98 Å². The lowest BCUT2D eigenvalue weighted by atomic mass is 10.1. The van der Waals surface area contributed by atoms with Gasteiger partial charge >= 0.3 is 0 Å². The van der Waals surface area contributed by atoms with E-state index < -0.39 is 0 Å². The third-order valence-electron chi connectivity index (χ3n) is 3.59. The van der Waals surface area contributed by atoms with Crippen molar-refractivity contribution < 1.29 is 0 Å². The molecule has 2 rings (SSSR count). The molecule has 1 N–H and O–H groups in total. The first-order chi connectivity index (χ1) is 9.54. The summed E-state index contributed by atoms with van der Waals surface area (Å²) in [5, 5.41) is 3.31. The number of aromatic nitrogens is 2. The summed E-state index contributed by atoms with van der Waals surface area (Å²) in [4.78, 5) is 11.7. The van der Waals surface area contributed by atoms with Gasteiger partial charge in [-0.3, -0.25) is 0 Å². The summed E-state index contributed by atoms with van der Waals surface area (Å²) in [7, 11) is 0.